The molecule has 9 heteroatoms. The van der Waals surface area contributed by atoms with Crippen LogP contribution >= 0.6 is 11.8 Å². The average molecular weight is 455 g/mol. The van der Waals surface area contributed by atoms with Crippen LogP contribution in [-0.2, 0) is 9.59 Å². The first-order chi connectivity index (χ1) is 15.4. The summed E-state index contributed by atoms with van der Waals surface area (Å²) < 4.78 is 16.4. The highest BCUT2D eigenvalue weighted by molar-refractivity contribution is 8.18. The fraction of sp³-hybridized carbons (Fsp3) is 0.261. The van der Waals surface area contributed by atoms with Gasteiger partial charge in [0, 0.05) is 17.3 Å². The number of nitrogens with zero attached hydrogens (tertiary/aromatic N) is 1. The molecule has 1 saturated heterocycles. The third-order valence-corrected chi connectivity index (χ3v) is 5.85. The number of rotatable bonds is 7. The lowest BCUT2D eigenvalue weighted by Crippen LogP contribution is -2.36. The van der Waals surface area contributed by atoms with Gasteiger partial charge < -0.3 is 19.5 Å². The van der Waals surface area contributed by atoms with Crippen LogP contribution in [0.25, 0.3) is 6.08 Å². The number of anilines is 1. The van der Waals surface area contributed by atoms with Crippen molar-refractivity contribution in [2.24, 2.45) is 0 Å². The number of benzene rings is 2. The van der Waals surface area contributed by atoms with Gasteiger partial charge >= 0.3 is 0 Å². The first-order valence-electron chi connectivity index (χ1n) is 10.1. The Balaban J connectivity index is 1.44. The number of carbonyl (C=O) groups is 3. The van der Waals surface area contributed by atoms with Crippen molar-refractivity contribution >= 4 is 40.6 Å². The standard InChI is InChI=1S/C23H22N2O6S/c1-3-14(2)31-17-7-5-4-6-15(17)10-20-22(27)25(23(28)32-20)12-21(26)24-16-8-9-18-19(11-16)30-13-29-18/h4-11,14H,3,12-13H2,1-2H3,(H,24,26)/b20-10+/t14-/m1/s1. The minimum Gasteiger partial charge on any atom is -0.490 e. The first kappa shape index (κ1) is 21.8. The predicted octanol–water partition coefficient (Wildman–Crippen LogP) is 4.27. The van der Waals surface area contributed by atoms with E-state index in [1.54, 1.807) is 24.3 Å². The smallest absolute Gasteiger partial charge is 0.294 e. The van der Waals surface area contributed by atoms with E-state index in [0.717, 1.165) is 23.1 Å². The van der Waals surface area contributed by atoms with E-state index in [9.17, 15) is 14.4 Å². The van der Waals surface area contributed by atoms with E-state index in [4.69, 9.17) is 14.2 Å². The zero-order valence-corrected chi connectivity index (χ0v) is 18.4. The molecule has 166 valence electrons. The molecule has 0 spiro atoms. The van der Waals surface area contributed by atoms with Crippen molar-refractivity contribution in [3.63, 3.8) is 0 Å². The molecule has 3 amide bonds. The minimum absolute atomic E-state index is 0.0134. The normalized spacial score (nSPS) is 17.1. The zero-order chi connectivity index (χ0) is 22.7. The molecule has 2 aromatic carbocycles. The summed E-state index contributed by atoms with van der Waals surface area (Å²) >= 11 is 0.801. The molecule has 0 unspecified atom stereocenters. The summed E-state index contributed by atoms with van der Waals surface area (Å²) in [5.74, 6) is 0.744. The zero-order valence-electron chi connectivity index (χ0n) is 17.6. The lowest BCUT2D eigenvalue weighted by molar-refractivity contribution is -0.127. The van der Waals surface area contributed by atoms with E-state index in [1.165, 1.54) is 0 Å². The van der Waals surface area contributed by atoms with E-state index in [1.807, 2.05) is 38.1 Å². The Kier molecular flexibility index (Phi) is 6.36. The molecule has 0 radical (unpaired) electrons. The van der Waals surface area contributed by atoms with Crippen LogP contribution in [0.1, 0.15) is 25.8 Å². The number of hydrogen-bond acceptors (Lipinski definition) is 7. The number of thioether (sulfide) groups is 1. The van der Waals surface area contributed by atoms with Crippen LogP contribution in [0.4, 0.5) is 10.5 Å². The molecule has 0 aliphatic carbocycles. The number of nitrogens with one attached hydrogen (secondary N) is 1. The van der Waals surface area contributed by atoms with Gasteiger partial charge in [-0.05, 0) is 49.4 Å². The molecule has 2 aliphatic heterocycles. The van der Waals surface area contributed by atoms with Crippen LogP contribution in [0.5, 0.6) is 17.2 Å². The van der Waals surface area contributed by atoms with Gasteiger partial charge in [0.05, 0.1) is 11.0 Å². The van der Waals surface area contributed by atoms with Crippen LogP contribution in [-0.4, -0.2) is 41.4 Å². The maximum absolute atomic E-state index is 12.8. The maximum Gasteiger partial charge on any atom is 0.294 e. The number of ether oxygens (including phenoxy) is 3. The number of imide groups is 1. The molecule has 8 nitrogen and oxygen atoms in total. The van der Waals surface area contributed by atoms with Gasteiger partial charge in [-0.25, -0.2) is 0 Å². The summed E-state index contributed by atoms with van der Waals surface area (Å²) in [4.78, 5) is 38.8. The van der Waals surface area contributed by atoms with Gasteiger partial charge in [-0.1, -0.05) is 25.1 Å². The van der Waals surface area contributed by atoms with Gasteiger partial charge in [0.1, 0.15) is 12.3 Å². The molecule has 4 rings (SSSR count). The fourth-order valence-corrected chi connectivity index (χ4v) is 3.93. The highest BCUT2D eigenvalue weighted by Gasteiger charge is 2.36. The van der Waals surface area contributed by atoms with Gasteiger partial charge in [0.25, 0.3) is 11.1 Å². The lowest BCUT2D eigenvalue weighted by atomic mass is 10.1. The van der Waals surface area contributed by atoms with Gasteiger partial charge in [-0.15, -0.1) is 0 Å². The molecule has 0 bridgehead atoms. The molecule has 1 N–H and O–H groups in total. The molecule has 0 saturated carbocycles. The lowest BCUT2D eigenvalue weighted by Gasteiger charge is -2.15. The largest absolute Gasteiger partial charge is 0.490 e. The molecular weight excluding hydrogens is 432 g/mol. The SMILES string of the molecule is CC[C@@H](C)Oc1ccccc1/C=C1/SC(=O)N(CC(=O)Nc2ccc3c(c2)OCO3)C1=O. The van der Waals surface area contributed by atoms with Crippen molar-refractivity contribution in [1.82, 2.24) is 4.90 Å². The van der Waals surface area contributed by atoms with Crippen molar-refractivity contribution < 1.29 is 28.6 Å². The van der Waals surface area contributed by atoms with Gasteiger partial charge in [0.15, 0.2) is 11.5 Å². The number of carbonyl (C=O) groups excluding carboxylic acids is 3. The summed E-state index contributed by atoms with van der Waals surface area (Å²) in [5, 5.41) is 2.17. The number of amides is 3. The molecule has 2 aromatic rings. The maximum atomic E-state index is 12.8. The van der Waals surface area contributed by atoms with Crippen LogP contribution < -0.4 is 19.5 Å². The highest BCUT2D eigenvalue weighted by Crippen LogP contribution is 2.35. The van der Waals surface area contributed by atoms with Crippen molar-refractivity contribution in [2.75, 3.05) is 18.7 Å². The van der Waals surface area contributed by atoms with Gasteiger partial charge in [-0.2, -0.15) is 0 Å². The fourth-order valence-electron chi connectivity index (χ4n) is 3.10. The molecular formula is C23H22N2O6S. The Bertz CT molecular complexity index is 1100. The Morgan fingerprint density at radius 3 is 2.81 bits per heavy atom. The number of para-hydroxylation sites is 1. The summed E-state index contributed by atoms with van der Waals surface area (Å²) in [5.41, 5.74) is 1.18. The molecule has 2 heterocycles. The summed E-state index contributed by atoms with van der Waals surface area (Å²) in [6.07, 6.45) is 2.47. The topological polar surface area (TPSA) is 94.2 Å². The molecule has 2 aliphatic rings. The van der Waals surface area contributed by atoms with Crippen molar-refractivity contribution in [2.45, 2.75) is 26.4 Å². The molecule has 1 atom stereocenters. The summed E-state index contributed by atoms with van der Waals surface area (Å²) in [6.45, 7) is 3.72. The monoisotopic (exact) mass is 454 g/mol. The van der Waals surface area contributed by atoms with E-state index in [-0.39, 0.29) is 24.3 Å². The van der Waals surface area contributed by atoms with E-state index in [0.29, 0.717) is 28.5 Å². The Labute approximate surface area is 189 Å². The second kappa shape index (κ2) is 9.35. The second-order valence-electron chi connectivity index (χ2n) is 7.26. The Hall–Kier alpha value is -3.46. The summed E-state index contributed by atoms with van der Waals surface area (Å²) in [7, 11) is 0. The quantitative estimate of drug-likeness (QED) is 0.625. The van der Waals surface area contributed by atoms with Gasteiger partial charge in [0.2, 0.25) is 12.7 Å². The van der Waals surface area contributed by atoms with E-state index < -0.39 is 17.1 Å². The molecule has 1 fully saturated rings. The van der Waals surface area contributed by atoms with Crippen molar-refractivity contribution in [1.29, 1.82) is 0 Å². The minimum atomic E-state index is -0.515. The van der Waals surface area contributed by atoms with Crippen LogP contribution in [0, 0.1) is 0 Å². The predicted molar refractivity (Wildman–Crippen MR) is 121 cm³/mol. The van der Waals surface area contributed by atoms with Crippen LogP contribution in [0.2, 0.25) is 0 Å². The van der Waals surface area contributed by atoms with Gasteiger partial charge in [-0.3, -0.25) is 19.3 Å². The number of hydrogen-bond donors (Lipinski definition) is 1. The molecule has 32 heavy (non-hydrogen) atoms. The third kappa shape index (κ3) is 4.72. The highest BCUT2D eigenvalue weighted by atomic mass is 32.2. The number of fused-ring (bicyclic) bond motifs is 1. The summed E-state index contributed by atoms with van der Waals surface area (Å²) in [6, 6.07) is 12.3. The second-order valence-corrected chi connectivity index (χ2v) is 8.25. The third-order valence-electron chi connectivity index (χ3n) is 4.94. The van der Waals surface area contributed by atoms with Crippen LogP contribution in [0.15, 0.2) is 47.4 Å². The van der Waals surface area contributed by atoms with E-state index >= 15 is 0 Å². The van der Waals surface area contributed by atoms with Crippen LogP contribution in [0.3, 0.4) is 0 Å². The van der Waals surface area contributed by atoms with E-state index in [2.05, 4.69) is 5.32 Å². The molecule has 0 aromatic heterocycles. The Morgan fingerprint density at radius 2 is 2.00 bits per heavy atom. The Morgan fingerprint density at radius 1 is 1.22 bits per heavy atom. The average Bonchev–Trinajstić information content (AvgIpc) is 3.34. The first-order valence-corrected chi connectivity index (χ1v) is 11.0. The van der Waals surface area contributed by atoms with Crippen molar-refractivity contribution in [3.05, 3.63) is 52.9 Å². The van der Waals surface area contributed by atoms with Crippen molar-refractivity contribution in [3.8, 4) is 17.2 Å².